The molecule has 0 aliphatic rings. The fourth-order valence-corrected chi connectivity index (χ4v) is 3.90. The van der Waals surface area contributed by atoms with Crippen LogP contribution >= 0.6 is 0 Å². The van der Waals surface area contributed by atoms with Gasteiger partial charge in [0.05, 0.1) is 7.11 Å². The summed E-state index contributed by atoms with van der Waals surface area (Å²) in [5.41, 5.74) is 2.69. The summed E-state index contributed by atoms with van der Waals surface area (Å²) in [6.07, 6.45) is -0.513. The highest BCUT2D eigenvalue weighted by atomic mass is 16.7. The number of rotatable bonds is 13. The first kappa shape index (κ1) is 30.2. The summed E-state index contributed by atoms with van der Waals surface area (Å²) in [7, 11) is 2.85. The molecule has 0 saturated carbocycles. The third kappa shape index (κ3) is 9.43. The second-order valence-electron chi connectivity index (χ2n) is 9.63. The Morgan fingerprint density at radius 2 is 1.35 bits per heavy atom. The molecule has 9 nitrogen and oxygen atoms in total. The predicted octanol–water partition coefficient (Wildman–Crippen LogP) is 4.26. The van der Waals surface area contributed by atoms with Gasteiger partial charge in [0, 0.05) is 13.5 Å². The Bertz CT molecular complexity index is 1220. The number of hydrogen-bond acceptors (Lipinski definition) is 6. The molecule has 0 saturated heterocycles. The van der Waals surface area contributed by atoms with Crippen LogP contribution in [0.2, 0.25) is 0 Å². The van der Waals surface area contributed by atoms with Crippen molar-refractivity contribution in [2.24, 2.45) is 5.92 Å². The van der Waals surface area contributed by atoms with Crippen molar-refractivity contribution in [1.29, 1.82) is 0 Å². The first-order valence-corrected chi connectivity index (χ1v) is 13.1. The lowest BCUT2D eigenvalue weighted by molar-refractivity contribution is -0.171. The molecule has 0 aromatic heterocycles. The summed E-state index contributed by atoms with van der Waals surface area (Å²) in [6, 6.07) is 24.6. The highest BCUT2D eigenvalue weighted by Gasteiger charge is 2.31. The van der Waals surface area contributed by atoms with E-state index in [0.29, 0.717) is 12.4 Å². The summed E-state index contributed by atoms with van der Waals surface area (Å²) in [6.45, 7) is 4.11. The molecule has 3 aromatic rings. The van der Waals surface area contributed by atoms with Gasteiger partial charge < -0.3 is 20.1 Å². The van der Waals surface area contributed by atoms with Crippen molar-refractivity contribution < 1.29 is 28.7 Å². The van der Waals surface area contributed by atoms with E-state index in [1.54, 1.807) is 13.8 Å². The fraction of sp³-hybridized carbons (Fsp3) is 0.323. The average molecular weight is 548 g/mol. The number of nitrogens with one attached hydrogen (secondary N) is 2. The molecule has 2 atom stereocenters. The van der Waals surface area contributed by atoms with Gasteiger partial charge >= 0.3 is 6.09 Å². The van der Waals surface area contributed by atoms with Crippen LogP contribution in [0.15, 0.2) is 84.9 Å². The quantitative estimate of drug-likeness (QED) is 0.310. The Morgan fingerprint density at radius 3 is 1.90 bits per heavy atom. The van der Waals surface area contributed by atoms with Crippen LogP contribution in [-0.4, -0.2) is 49.2 Å². The number of hydrogen-bond donors (Lipinski definition) is 2. The molecule has 0 unspecified atom stereocenters. The minimum Gasteiger partial charge on any atom is -0.489 e. The molecule has 2 N–H and O–H groups in total. The molecule has 0 bridgehead atoms. The van der Waals surface area contributed by atoms with Gasteiger partial charge in [0.1, 0.15) is 31.0 Å². The maximum Gasteiger partial charge on any atom is 0.408 e. The van der Waals surface area contributed by atoms with Crippen LogP contribution < -0.4 is 15.4 Å². The lowest BCUT2D eigenvalue weighted by Crippen LogP contribution is -2.56. The third-order valence-electron chi connectivity index (χ3n) is 6.25. The van der Waals surface area contributed by atoms with Gasteiger partial charge in [-0.3, -0.25) is 14.4 Å². The summed E-state index contributed by atoms with van der Waals surface area (Å²) < 4.78 is 11.1. The van der Waals surface area contributed by atoms with E-state index >= 15 is 0 Å². The van der Waals surface area contributed by atoms with Crippen molar-refractivity contribution >= 4 is 17.9 Å². The lowest BCUT2D eigenvalue weighted by Gasteiger charge is -2.27. The van der Waals surface area contributed by atoms with Crippen molar-refractivity contribution in [2.75, 3.05) is 14.2 Å². The molecule has 0 aliphatic carbocycles. The Kier molecular flexibility index (Phi) is 11.5. The molecule has 3 amide bonds. The van der Waals surface area contributed by atoms with Crippen LogP contribution in [-0.2, 0) is 38.8 Å². The Balaban J connectivity index is 1.63. The van der Waals surface area contributed by atoms with E-state index in [-0.39, 0.29) is 18.9 Å². The van der Waals surface area contributed by atoms with Gasteiger partial charge in [-0.15, -0.1) is 0 Å². The number of carbonyl (C=O) groups is 3. The molecule has 0 fully saturated rings. The van der Waals surface area contributed by atoms with Gasteiger partial charge in [-0.05, 0) is 34.7 Å². The number of likely N-dealkylation sites (N-methyl/N-ethyl adjacent to an activating group) is 1. The summed E-state index contributed by atoms with van der Waals surface area (Å²) in [4.78, 5) is 43.9. The lowest BCUT2D eigenvalue weighted by atomic mass is 10.0. The first-order valence-electron chi connectivity index (χ1n) is 13.1. The van der Waals surface area contributed by atoms with E-state index in [2.05, 4.69) is 10.6 Å². The third-order valence-corrected chi connectivity index (χ3v) is 6.25. The molecular formula is C31H37N3O6. The Morgan fingerprint density at radius 1 is 0.775 bits per heavy atom. The minimum absolute atomic E-state index is 0.0733. The zero-order valence-corrected chi connectivity index (χ0v) is 23.3. The van der Waals surface area contributed by atoms with Crippen LogP contribution in [0, 0.1) is 5.92 Å². The van der Waals surface area contributed by atoms with Crippen LogP contribution in [0.3, 0.4) is 0 Å². The summed E-state index contributed by atoms with van der Waals surface area (Å²) in [5, 5.41) is 6.48. The highest BCUT2D eigenvalue weighted by molar-refractivity contribution is 5.91. The van der Waals surface area contributed by atoms with Gasteiger partial charge in [-0.1, -0.05) is 86.6 Å². The zero-order valence-electron chi connectivity index (χ0n) is 23.3. The van der Waals surface area contributed by atoms with E-state index in [4.69, 9.17) is 14.3 Å². The molecule has 0 heterocycles. The first-order chi connectivity index (χ1) is 19.3. The van der Waals surface area contributed by atoms with Crippen molar-refractivity contribution in [1.82, 2.24) is 15.7 Å². The second-order valence-corrected chi connectivity index (χ2v) is 9.63. The molecule has 0 spiro atoms. The van der Waals surface area contributed by atoms with E-state index in [0.717, 1.165) is 21.8 Å². The average Bonchev–Trinajstić information content (AvgIpc) is 2.98. The SMILES string of the molecule is CON(C)C(=O)[C@H](Cc1ccc(OCc2ccccc2)cc1)NC(=O)[C@@H](NC(=O)OCc1ccccc1)C(C)C. The number of nitrogens with zero attached hydrogens (tertiary/aromatic N) is 1. The molecular weight excluding hydrogens is 510 g/mol. The van der Waals surface area contributed by atoms with E-state index in [1.807, 2.05) is 84.9 Å². The molecule has 9 heteroatoms. The van der Waals surface area contributed by atoms with Gasteiger partial charge in [-0.25, -0.2) is 9.86 Å². The van der Waals surface area contributed by atoms with Crippen LogP contribution in [0.25, 0.3) is 0 Å². The molecule has 40 heavy (non-hydrogen) atoms. The normalized spacial score (nSPS) is 12.2. The van der Waals surface area contributed by atoms with Gasteiger partial charge in [-0.2, -0.15) is 0 Å². The van der Waals surface area contributed by atoms with Crippen molar-refractivity contribution in [2.45, 2.75) is 45.6 Å². The van der Waals surface area contributed by atoms with Gasteiger partial charge in [0.15, 0.2) is 0 Å². The number of amides is 3. The molecule has 3 rings (SSSR count). The molecule has 0 aliphatic heterocycles. The predicted molar refractivity (Wildman–Crippen MR) is 151 cm³/mol. The van der Waals surface area contributed by atoms with Crippen molar-refractivity contribution in [3.05, 3.63) is 102 Å². The largest absolute Gasteiger partial charge is 0.489 e. The maximum atomic E-state index is 13.3. The number of ether oxygens (including phenoxy) is 2. The summed E-state index contributed by atoms with van der Waals surface area (Å²) >= 11 is 0. The fourth-order valence-electron chi connectivity index (χ4n) is 3.90. The molecule has 3 aromatic carbocycles. The molecule has 212 valence electrons. The standard InChI is InChI=1S/C31H37N3O6/c1-22(2)28(33-31(37)40-21-25-13-9-6-10-14-25)29(35)32-27(30(36)34(3)38-4)19-23-15-17-26(18-16-23)39-20-24-11-7-5-8-12-24/h5-18,22,27-28H,19-21H2,1-4H3,(H,32,35)(H,33,37)/t27-,28-/m0/s1. The highest BCUT2D eigenvalue weighted by Crippen LogP contribution is 2.16. The van der Waals surface area contributed by atoms with Crippen LogP contribution in [0.4, 0.5) is 4.79 Å². The van der Waals surface area contributed by atoms with Crippen molar-refractivity contribution in [3.63, 3.8) is 0 Å². The van der Waals surface area contributed by atoms with E-state index in [9.17, 15) is 14.4 Å². The number of benzene rings is 3. The smallest absolute Gasteiger partial charge is 0.408 e. The Labute approximate surface area is 235 Å². The number of hydroxylamine groups is 2. The number of alkyl carbamates (subject to hydrolysis) is 1. The topological polar surface area (TPSA) is 106 Å². The van der Waals surface area contributed by atoms with Crippen molar-refractivity contribution in [3.8, 4) is 5.75 Å². The molecule has 0 radical (unpaired) electrons. The van der Waals surface area contributed by atoms with Gasteiger partial charge in [0.2, 0.25) is 5.91 Å². The van der Waals surface area contributed by atoms with Crippen LogP contribution in [0.1, 0.15) is 30.5 Å². The van der Waals surface area contributed by atoms with E-state index in [1.165, 1.54) is 14.2 Å². The number of carbonyl (C=O) groups excluding carboxylic acids is 3. The van der Waals surface area contributed by atoms with Gasteiger partial charge in [0.25, 0.3) is 5.91 Å². The minimum atomic E-state index is -0.933. The second kappa shape index (κ2) is 15.3. The van der Waals surface area contributed by atoms with E-state index < -0.39 is 30.0 Å². The summed E-state index contributed by atoms with van der Waals surface area (Å²) in [5.74, 6) is -0.514. The zero-order chi connectivity index (χ0) is 28.9. The van der Waals surface area contributed by atoms with Crippen LogP contribution in [0.5, 0.6) is 5.75 Å². The monoisotopic (exact) mass is 547 g/mol. The maximum absolute atomic E-state index is 13.3. The Hall–Kier alpha value is -4.37.